The van der Waals surface area contributed by atoms with Crippen molar-refractivity contribution in [1.82, 2.24) is 0 Å². The number of halogens is 2. The van der Waals surface area contributed by atoms with Gasteiger partial charge in [-0.25, -0.2) is 8.78 Å². The van der Waals surface area contributed by atoms with Crippen molar-refractivity contribution in [2.75, 3.05) is 7.11 Å². The molecule has 0 saturated heterocycles. The van der Waals surface area contributed by atoms with Crippen molar-refractivity contribution >= 4 is 0 Å². The van der Waals surface area contributed by atoms with E-state index in [1.807, 2.05) is 19.1 Å². The first-order valence-corrected chi connectivity index (χ1v) is 5.88. The zero-order valence-corrected chi connectivity index (χ0v) is 10.8. The molecule has 100 valence electrons. The van der Waals surface area contributed by atoms with Gasteiger partial charge < -0.3 is 10.5 Å². The first-order chi connectivity index (χ1) is 9.02. The van der Waals surface area contributed by atoms with Crippen LogP contribution in [0, 0.1) is 18.6 Å². The van der Waals surface area contributed by atoms with Gasteiger partial charge in [0.05, 0.1) is 13.2 Å². The second-order valence-corrected chi connectivity index (χ2v) is 4.37. The largest absolute Gasteiger partial charge is 0.497 e. The number of hydrogen-bond acceptors (Lipinski definition) is 2. The van der Waals surface area contributed by atoms with Gasteiger partial charge in [-0.2, -0.15) is 0 Å². The number of benzene rings is 2. The van der Waals surface area contributed by atoms with Crippen LogP contribution in [-0.4, -0.2) is 7.11 Å². The van der Waals surface area contributed by atoms with E-state index >= 15 is 0 Å². The summed E-state index contributed by atoms with van der Waals surface area (Å²) in [6.45, 7) is 1.90. The average molecular weight is 263 g/mol. The summed E-state index contributed by atoms with van der Waals surface area (Å²) in [4.78, 5) is 0. The van der Waals surface area contributed by atoms with Crippen LogP contribution >= 0.6 is 0 Å². The van der Waals surface area contributed by atoms with E-state index in [4.69, 9.17) is 10.5 Å². The van der Waals surface area contributed by atoms with Crippen LogP contribution in [0.5, 0.6) is 5.75 Å². The van der Waals surface area contributed by atoms with Gasteiger partial charge in [0.15, 0.2) is 11.6 Å². The fourth-order valence-corrected chi connectivity index (χ4v) is 2.01. The molecule has 1 unspecified atom stereocenters. The van der Waals surface area contributed by atoms with Crippen LogP contribution in [0.2, 0.25) is 0 Å². The summed E-state index contributed by atoms with van der Waals surface area (Å²) in [5.41, 5.74) is 8.43. The highest BCUT2D eigenvalue weighted by Gasteiger charge is 2.14. The molecule has 0 aliphatic heterocycles. The Hall–Kier alpha value is -1.94. The molecular formula is C15H15F2NO. The SMILES string of the molecule is COc1ccc(C(N)c2ccc(F)c(F)c2)c(C)c1. The van der Waals surface area contributed by atoms with Crippen molar-refractivity contribution in [3.8, 4) is 5.75 Å². The molecule has 2 rings (SSSR count). The molecule has 4 heteroatoms. The van der Waals surface area contributed by atoms with Crippen LogP contribution in [0.4, 0.5) is 8.78 Å². The standard InChI is InChI=1S/C15H15F2NO/c1-9-7-11(19-2)4-5-12(9)15(18)10-3-6-13(16)14(17)8-10/h3-8,15H,18H2,1-2H3. The zero-order valence-electron chi connectivity index (χ0n) is 10.8. The van der Waals surface area contributed by atoms with Crippen LogP contribution < -0.4 is 10.5 Å². The van der Waals surface area contributed by atoms with Gasteiger partial charge in [0.25, 0.3) is 0 Å². The van der Waals surface area contributed by atoms with E-state index in [1.165, 1.54) is 6.07 Å². The Bertz CT molecular complexity index is 599. The predicted octanol–water partition coefficient (Wildman–Crippen LogP) is 3.33. The number of nitrogens with two attached hydrogens (primary N) is 1. The average Bonchev–Trinajstić information content (AvgIpc) is 2.41. The van der Waals surface area contributed by atoms with E-state index in [2.05, 4.69) is 0 Å². The quantitative estimate of drug-likeness (QED) is 0.921. The van der Waals surface area contributed by atoms with E-state index in [1.54, 1.807) is 13.2 Å². The van der Waals surface area contributed by atoms with Crippen molar-refractivity contribution in [2.45, 2.75) is 13.0 Å². The minimum atomic E-state index is -0.890. The number of aryl methyl sites for hydroxylation is 1. The maximum atomic E-state index is 13.2. The summed E-state index contributed by atoms with van der Waals surface area (Å²) in [6.07, 6.45) is 0. The molecule has 2 nitrogen and oxygen atoms in total. The minimum absolute atomic E-state index is 0.499. The molecule has 0 saturated carbocycles. The molecule has 0 fully saturated rings. The molecule has 1 atom stereocenters. The minimum Gasteiger partial charge on any atom is -0.497 e. The molecule has 0 heterocycles. The second kappa shape index (κ2) is 5.36. The Balaban J connectivity index is 2.38. The van der Waals surface area contributed by atoms with Crippen molar-refractivity contribution in [1.29, 1.82) is 0 Å². The highest BCUT2D eigenvalue weighted by Crippen LogP contribution is 2.26. The number of hydrogen-bond donors (Lipinski definition) is 1. The lowest BCUT2D eigenvalue weighted by Crippen LogP contribution is -2.13. The lowest BCUT2D eigenvalue weighted by atomic mass is 9.95. The van der Waals surface area contributed by atoms with Gasteiger partial charge in [-0.15, -0.1) is 0 Å². The molecular weight excluding hydrogens is 248 g/mol. The van der Waals surface area contributed by atoms with Crippen molar-refractivity contribution in [2.24, 2.45) is 5.73 Å². The molecule has 19 heavy (non-hydrogen) atoms. The monoisotopic (exact) mass is 263 g/mol. The summed E-state index contributed by atoms with van der Waals surface area (Å²) in [7, 11) is 1.59. The summed E-state index contributed by atoms with van der Waals surface area (Å²) in [5, 5.41) is 0. The van der Waals surface area contributed by atoms with Gasteiger partial charge >= 0.3 is 0 Å². The van der Waals surface area contributed by atoms with Crippen LogP contribution in [0.1, 0.15) is 22.7 Å². The van der Waals surface area contributed by atoms with Crippen LogP contribution in [0.25, 0.3) is 0 Å². The lowest BCUT2D eigenvalue weighted by molar-refractivity contribution is 0.414. The molecule has 0 amide bonds. The topological polar surface area (TPSA) is 35.2 Å². The third-order valence-electron chi connectivity index (χ3n) is 3.11. The van der Waals surface area contributed by atoms with E-state index in [9.17, 15) is 8.78 Å². The molecule has 2 aromatic carbocycles. The Morgan fingerprint density at radius 2 is 1.79 bits per heavy atom. The number of rotatable bonds is 3. The van der Waals surface area contributed by atoms with E-state index < -0.39 is 17.7 Å². The van der Waals surface area contributed by atoms with Crippen molar-refractivity contribution in [3.05, 3.63) is 64.7 Å². The number of methoxy groups -OCH3 is 1. The van der Waals surface area contributed by atoms with Crippen molar-refractivity contribution in [3.63, 3.8) is 0 Å². The van der Waals surface area contributed by atoms with E-state index in [0.717, 1.165) is 29.0 Å². The van der Waals surface area contributed by atoms with Crippen LogP contribution in [-0.2, 0) is 0 Å². The van der Waals surface area contributed by atoms with Crippen LogP contribution in [0.15, 0.2) is 36.4 Å². The van der Waals surface area contributed by atoms with E-state index in [-0.39, 0.29) is 0 Å². The molecule has 2 aromatic rings. The summed E-state index contributed by atoms with van der Waals surface area (Å²) in [5.74, 6) is -1.03. The second-order valence-electron chi connectivity index (χ2n) is 4.37. The van der Waals surface area contributed by atoms with E-state index in [0.29, 0.717) is 5.56 Å². The molecule has 0 aliphatic rings. The van der Waals surface area contributed by atoms with Gasteiger partial charge in [-0.1, -0.05) is 12.1 Å². The molecule has 0 radical (unpaired) electrons. The Morgan fingerprint density at radius 1 is 1.05 bits per heavy atom. The lowest BCUT2D eigenvalue weighted by Gasteiger charge is -2.16. The van der Waals surface area contributed by atoms with Gasteiger partial charge in [0, 0.05) is 0 Å². The molecule has 0 spiro atoms. The highest BCUT2D eigenvalue weighted by atomic mass is 19.2. The summed E-state index contributed by atoms with van der Waals surface area (Å²) in [6, 6.07) is 8.69. The number of ether oxygens (including phenoxy) is 1. The molecule has 2 N–H and O–H groups in total. The fraction of sp³-hybridized carbons (Fsp3) is 0.200. The van der Waals surface area contributed by atoms with Crippen molar-refractivity contribution < 1.29 is 13.5 Å². The molecule has 0 aliphatic carbocycles. The van der Waals surface area contributed by atoms with Gasteiger partial charge in [-0.05, 0) is 47.9 Å². The normalized spacial score (nSPS) is 12.3. The molecule has 0 aromatic heterocycles. The van der Waals surface area contributed by atoms with Gasteiger partial charge in [0.2, 0.25) is 0 Å². The summed E-state index contributed by atoms with van der Waals surface area (Å²) >= 11 is 0. The first kappa shape index (κ1) is 13.5. The predicted molar refractivity (Wildman–Crippen MR) is 70.1 cm³/mol. The Morgan fingerprint density at radius 3 is 2.37 bits per heavy atom. The Kier molecular flexibility index (Phi) is 3.81. The summed E-state index contributed by atoms with van der Waals surface area (Å²) < 4.78 is 31.3. The fourth-order valence-electron chi connectivity index (χ4n) is 2.01. The maximum Gasteiger partial charge on any atom is 0.159 e. The zero-order chi connectivity index (χ0) is 14.0. The maximum absolute atomic E-state index is 13.2. The third kappa shape index (κ3) is 2.74. The smallest absolute Gasteiger partial charge is 0.159 e. The highest BCUT2D eigenvalue weighted by molar-refractivity contribution is 5.41. The van der Waals surface area contributed by atoms with Gasteiger partial charge in [0.1, 0.15) is 5.75 Å². The Labute approximate surface area is 110 Å². The first-order valence-electron chi connectivity index (χ1n) is 5.88. The van der Waals surface area contributed by atoms with Crippen LogP contribution in [0.3, 0.4) is 0 Å². The third-order valence-corrected chi connectivity index (χ3v) is 3.11. The molecule has 0 bridgehead atoms. The van der Waals surface area contributed by atoms with Gasteiger partial charge in [-0.3, -0.25) is 0 Å².